The van der Waals surface area contributed by atoms with Gasteiger partial charge in [-0.3, -0.25) is 9.59 Å². The van der Waals surface area contributed by atoms with Crippen molar-refractivity contribution in [2.75, 3.05) is 0 Å². The van der Waals surface area contributed by atoms with Gasteiger partial charge in [-0.05, 0) is 12.2 Å². The van der Waals surface area contributed by atoms with Crippen molar-refractivity contribution in [1.82, 2.24) is 0 Å². The molecule has 0 bridgehead atoms. The van der Waals surface area contributed by atoms with Crippen LogP contribution >= 0.6 is 0 Å². The Bertz CT molecular complexity index is 246. The van der Waals surface area contributed by atoms with Crippen LogP contribution in [0.1, 0.15) is 0 Å². The maximum Gasteiger partial charge on any atom is 0.376 e. The van der Waals surface area contributed by atoms with Gasteiger partial charge >= 0.3 is 11.9 Å². The highest BCUT2D eigenvalue weighted by Gasteiger charge is 2.10. The summed E-state index contributed by atoms with van der Waals surface area (Å²) in [6, 6.07) is 0. The molecule has 2 N–H and O–H groups in total. The molecule has 0 saturated heterocycles. The summed E-state index contributed by atoms with van der Waals surface area (Å²) in [5.41, 5.74) is 0. The molecule has 0 spiro atoms. The average molecular weight is 172 g/mol. The Morgan fingerprint density at radius 2 is 1.00 bits per heavy atom. The van der Waals surface area contributed by atoms with E-state index in [1.54, 1.807) is 0 Å². The summed E-state index contributed by atoms with van der Waals surface area (Å²) >= 11 is 0. The molecule has 0 rings (SSSR count). The summed E-state index contributed by atoms with van der Waals surface area (Å²) in [5, 5.41) is 15.9. The molecule has 0 aliphatic rings. The first-order valence-corrected chi connectivity index (χ1v) is 2.67. The first-order valence-electron chi connectivity index (χ1n) is 2.67. The van der Waals surface area contributed by atoms with E-state index in [0.29, 0.717) is 12.2 Å². The molecule has 6 heteroatoms. The minimum Gasteiger partial charge on any atom is -0.475 e. The van der Waals surface area contributed by atoms with E-state index in [4.69, 9.17) is 10.2 Å². The number of carboxylic acid groups (broad SMARTS) is 2. The molecule has 12 heavy (non-hydrogen) atoms. The molecular weight excluding hydrogens is 168 g/mol. The van der Waals surface area contributed by atoms with Gasteiger partial charge in [0.15, 0.2) is 0 Å². The van der Waals surface area contributed by atoms with Crippen molar-refractivity contribution in [2.45, 2.75) is 0 Å². The molecular formula is C6H4O6. The lowest BCUT2D eigenvalue weighted by Gasteiger charge is -1.83. The van der Waals surface area contributed by atoms with Crippen molar-refractivity contribution in [2.24, 2.45) is 0 Å². The van der Waals surface area contributed by atoms with Gasteiger partial charge in [0.25, 0.3) is 11.6 Å². The van der Waals surface area contributed by atoms with Gasteiger partial charge in [-0.15, -0.1) is 0 Å². The molecule has 0 amide bonds. The lowest BCUT2D eigenvalue weighted by molar-refractivity contribution is -0.147. The predicted molar refractivity (Wildman–Crippen MR) is 34.4 cm³/mol. The second-order valence-electron chi connectivity index (χ2n) is 1.67. The van der Waals surface area contributed by atoms with E-state index in [1.807, 2.05) is 0 Å². The fourth-order valence-corrected chi connectivity index (χ4v) is 0.294. The number of aliphatic carboxylic acids is 2. The first-order chi connectivity index (χ1) is 5.45. The lowest BCUT2D eigenvalue weighted by Crippen LogP contribution is -2.12. The highest BCUT2D eigenvalue weighted by molar-refractivity contribution is 6.42. The third kappa shape index (κ3) is 3.25. The normalized spacial score (nSPS) is 9.67. The van der Waals surface area contributed by atoms with Gasteiger partial charge in [0.05, 0.1) is 0 Å². The van der Waals surface area contributed by atoms with E-state index in [2.05, 4.69) is 0 Å². The van der Waals surface area contributed by atoms with E-state index in [9.17, 15) is 19.2 Å². The molecule has 0 aliphatic carbocycles. The van der Waals surface area contributed by atoms with Gasteiger partial charge in [-0.1, -0.05) is 0 Å². The summed E-state index contributed by atoms with van der Waals surface area (Å²) in [4.78, 5) is 40.1. The molecule has 64 valence electrons. The largest absolute Gasteiger partial charge is 0.475 e. The fraction of sp³-hybridized carbons (Fsp3) is 0. The predicted octanol–water partition coefficient (Wildman–Crippen LogP) is -1.15. The van der Waals surface area contributed by atoms with E-state index in [1.165, 1.54) is 0 Å². The summed E-state index contributed by atoms with van der Waals surface area (Å²) in [5.74, 6) is -6.18. The zero-order valence-corrected chi connectivity index (χ0v) is 5.68. The van der Waals surface area contributed by atoms with Crippen LogP contribution < -0.4 is 0 Å². The standard InChI is InChI=1S/C6H4O6/c7-3(5(9)10)1-2-4(8)6(11)12/h1-2H,(H,9,10)(H,11,12)/b2-1-. The zero-order chi connectivity index (χ0) is 9.72. The summed E-state index contributed by atoms with van der Waals surface area (Å²) in [6.07, 6.45) is 0.775. The molecule has 0 aliphatic heterocycles. The zero-order valence-electron chi connectivity index (χ0n) is 5.68. The topological polar surface area (TPSA) is 109 Å². The van der Waals surface area contributed by atoms with Crippen LogP contribution in [0, 0.1) is 0 Å². The minimum atomic E-state index is -1.75. The van der Waals surface area contributed by atoms with Gasteiger partial charge in [0, 0.05) is 0 Å². The third-order valence-electron chi connectivity index (χ3n) is 0.808. The maximum absolute atomic E-state index is 10.2. The fourth-order valence-electron chi connectivity index (χ4n) is 0.294. The summed E-state index contributed by atoms with van der Waals surface area (Å²) in [6.45, 7) is 0. The number of carboxylic acids is 2. The molecule has 0 radical (unpaired) electrons. The van der Waals surface area contributed by atoms with Crippen LogP contribution in [-0.2, 0) is 19.2 Å². The molecule has 0 saturated carbocycles. The van der Waals surface area contributed by atoms with Crippen molar-refractivity contribution >= 4 is 23.5 Å². The molecule has 0 atom stereocenters. The Morgan fingerprint density at radius 3 is 1.17 bits per heavy atom. The average Bonchev–Trinajstić information content (AvgIpc) is 1.98. The van der Waals surface area contributed by atoms with Gasteiger partial charge in [-0.2, -0.15) is 0 Å². The Morgan fingerprint density at radius 1 is 0.750 bits per heavy atom. The van der Waals surface area contributed by atoms with Crippen molar-refractivity contribution in [3.8, 4) is 0 Å². The highest BCUT2D eigenvalue weighted by Crippen LogP contribution is 1.80. The van der Waals surface area contributed by atoms with Gasteiger partial charge < -0.3 is 10.2 Å². The van der Waals surface area contributed by atoms with E-state index >= 15 is 0 Å². The first kappa shape index (κ1) is 10.0. The van der Waals surface area contributed by atoms with Crippen LogP contribution in [0.15, 0.2) is 12.2 Å². The quantitative estimate of drug-likeness (QED) is 0.409. The molecule has 0 unspecified atom stereocenters. The Hall–Kier alpha value is -1.98. The number of ketones is 2. The molecule has 0 heterocycles. The van der Waals surface area contributed by atoms with Crippen LogP contribution in [-0.4, -0.2) is 33.7 Å². The summed E-state index contributed by atoms with van der Waals surface area (Å²) < 4.78 is 0. The Kier molecular flexibility index (Phi) is 3.35. The number of hydrogen-bond acceptors (Lipinski definition) is 4. The van der Waals surface area contributed by atoms with Crippen LogP contribution in [0.4, 0.5) is 0 Å². The monoisotopic (exact) mass is 172 g/mol. The second-order valence-corrected chi connectivity index (χ2v) is 1.67. The molecule has 0 aromatic carbocycles. The van der Waals surface area contributed by atoms with Crippen molar-refractivity contribution in [3.05, 3.63) is 12.2 Å². The van der Waals surface area contributed by atoms with Gasteiger partial charge in [-0.25, -0.2) is 9.59 Å². The SMILES string of the molecule is O=C(O)C(=O)/C=C\C(=O)C(=O)O. The van der Waals surface area contributed by atoms with Gasteiger partial charge in [0.2, 0.25) is 0 Å². The molecule has 6 nitrogen and oxygen atoms in total. The Balaban J connectivity index is 4.26. The maximum atomic E-state index is 10.2. The van der Waals surface area contributed by atoms with Crippen molar-refractivity contribution in [3.63, 3.8) is 0 Å². The van der Waals surface area contributed by atoms with E-state index < -0.39 is 23.5 Å². The number of carbonyl (C=O) groups excluding carboxylic acids is 2. The highest BCUT2D eigenvalue weighted by atomic mass is 16.4. The molecule has 0 fully saturated rings. The third-order valence-corrected chi connectivity index (χ3v) is 0.808. The smallest absolute Gasteiger partial charge is 0.376 e. The number of hydrogen-bond donors (Lipinski definition) is 2. The van der Waals surface area contributed by atoms with Crippen molar-refractivity contribution in [1.29, 1.82) is 0 Å². The van der Waals surface area contributed by atoms with Crippen LogP contribution in [0.25, 0.3) is 0 Å². The van der Waals surface area contributed by atoms with E-state index in [0.717, 1.165) is 0 Å². The van der Waals surface area contributed by atoms with Crippen LogP contribution in [0.2, 0.25) is 0 Å². The lowest BCUT2D eigenvalue weighted by atomic mass is 10.3. The molecule has 0 aromatic heterocycles. The number of rotatable bonds is 4. The van der Waals surface area contributed by atoms with Crippen LogP contribution in [0.5, 0.6) is 0 Å². The Labute approximate surface area is 66.1 Å². The summed E-state index contributed by atoms with van der Waals surface area (Å²) in [7, 11) is 0. The number of carbonyl (C=O) groups is 4. The van der Waals surface area contributed by atoms with E-state index in [-0.39, 0.29) is 0 Å². The van der Waals surface area contributed by atoms with Gasteiger partial charge in [0.1, 0.15) is 0 Å². The minimum absolute atomic E-state index is 0.388. The van der Waals surface area contributed by atoms with Crippen molar-refractivity contribution < 1.29 is 29.4 Å². The molecule has 0 aromatic rings. The second kappa shape index (κ2) is 4.02. The van der Waals surface area contributed by atoms with Crippen LogP contribution in [0.3, 0.4) is 0 Å².